The summed E-state index contributed by atoms with van der Waals surface area (Å²) in [6.45, 7) is 0. The first-order chi connectivity index (χ1) is 1.41. The molecule has 0 spiro atoms. The van der Waals surface area contributed by atoms with Crippen LogP contribution in [0.3, 0.4) is 0 Å². The van der Waals surface area contributed by atoms with Crippen LogP contribution in [0.2, 0.25) is 10.5 Å². The number of hydrogen-bond acceptors (Lipinski definition) is 0. The van der Waals surface area contributed by atoms with Gasteiger partial charge in [-0.25, -0.2) is 0 Å². The first kappa shape index (κ1) is 17.6. The van der Waals surface area contributed by atoms with E-state index in [0.29, 0.717) is 19.2 Å². The van der Waals surface area contributed by atoms with Gasteiger partial charge in [-0.2, -0.15) is 0 Å². The third kappa shape index (κ3) is 91.9. The van der Waals surface area contributed by atoms with E-state index in [1.54, 1.807) is 0 Å². The number of halogens is 2. The molecule has 34 valence electrons. The molecular weight excluding hydrogens is 110 g/mol. The van der Waals surface area contributed by atoms with E-state index in [0.717, 1.165) is 0 Å². The molecule has 0 unspecified atom stereocenters. The zero-order valence-electron chi connectivity index (χ0n) is 3.32. The van der Waals surface area contributed by atoms with Crippen molar-refractivity contribution in [2.45, 2.75) is 10.5 Å². The maximum absolute atomic E-state index is 2.25. The fourth-order valence-corrected chi connectivity index (χ4v) is 0. The van der Waals surface area contributed by atoms with Gasteiger partial charge < -0.3 is 0 Å². The molecule has 0 bridgehead atoms. The van der Waals surface area contributed by atoms with Gasteiger partial charge in [0, 0.05) is 0 Å². The van der Waals surface area contributed by atoms with Crippen LogP contribution >= 0.6 is 0 Å². The zero-order chi connectivity index (χ0) is 2.71. The summed E-state index contributed by atoms with van der Waals surface area (Å²) < 4.78 is 0. The Morgan fingerprint density at radius 3 is 1.00 bits per heavy atom. The summed E-state index contributed by atoms with van der Waals surface area (Å²) in [5.41, 5.74) is 0. The Bertz CT molecular complexity index is 7.61. The molecule has 0 aromatic rings. The Balaban J connectivity index is -0.0000000200. The summed E-state index contributed by atoms with van der Waals surface area (Å²) >= 11 is 0.500. The SMILES string of the molecule is F.F.[CH3][Ti][CH3]. The molecule has 0 fully saturated rings. The Morgan fingerprint density at radius 1 is 1.00 bits per heavy atom. The standard InChI is InChI=1S/2CH3.2FH.Ti/h2*1H3;2*1H;. The van der Waals surface area contributed by atoms with Crippen molar-refractivity contribution in [3.05, 3.63) is 0 Å². The quantitative estimate of drug-likeness (QED) is 0.422. The van der Waals surface area contributed by atoms with E-state index in [1.807, 2.05) is 0 Å². The van der Waals surface area contributed by atoms with Gasteiger partial charge in [-0.3, -0.25) is 9.41 Å². The predicted octanol–water partition coefficient (Wildman–Crippen LogP) is 1.47. The zero-order valence-corrected chi connectivity index (χ0v) is 4.88. The third-order valence-corrected chi connectivity index (χ3v) is 0. The Morgan fingerprint density at radius 2 is 1.00 bits per heavy atom. The van der Waals surface area contributed by atoms with Crippen molar-refractivity contribution in [3.63, 3.8) is 0 Å². The van der Waals surface area contributed by atoms with E-state index in [9.17, 15) is 0 Å². The monoisotopic (exact) mass is 118 g/mol. The molecule has 0 aliphatic heterocycles. The summed E-state index contributed by atoms with van der Waals surface area (Å²) in [7, 11) is 0. The summed E-state index contributed by atoms with van der Waals surface area (Å²) in [6.07, 6.45) is 0. The second-order valence-corrected chi connectivity index (χ2v) is 2.06. The van der Waals surface area contributed by atoms with Crippen LogP contribution in [0.25, 0.3) is 0 Å². The van der Waals surface area contributed by atoms with Crippen LogP contribution in [0.5, 0.6) is 0 Å². The number of hydrogen-bond donors (Lipinski definition) is 0. The van der Waals surface area contributed by atoms with E-state index in [-0.39, 0.29) is 9.41 Å². The molecule has 0 aromatic carbocycles. The second-order valence-electron chi connectivity index (χ2n) is 0.500. The molecule has 0 heterocycles. The minimum atomic E-state index is 0. The van der Waals surface area contributed by atoms with Gasteiger partial charge in [0.2, 0.25) is 0 Å². The van der Waals surface area contributed by atoms with Crippen molar-refractivity contribution >= 4 is 0 Å². The van der Waals surface area contributed by atoms with Crippen molar-refractivity contribution in [2.24, 2.45) is 0 Å². The Kier molecular flexibility index (Phi) is 83.0. The average molecular weight is 118 g/mol. The molecule has 0 amide bonds. The molecule has 5 heavy (non-hydrogen) atoms. The van der Waals surface area contributed by atoms with Crippen LogP contribution in [-0.2, 0) is 19.2 Å². The van der Waals surface area contributed by atoms with Crippen LogP contribution in [0.4, 0.5) is 9.41 Å². The Hall–Kier alpha value is 0.574. The summed E-state index contributed by atoms with van der Waals surface area (Å²) in [6, 6.07) is 0. The molecule has 0 aliphatic rings. The van der Waals surface area contributed by atoms with Crippen molar-refractivity contribution in [1.29, 1.82) is 0 Å². The topological polar surface area (TPSA) is 0 Å². The van der Waals surface area contributed by atoms with Gasteiger partial charge in [-0.1, -0.05) is 0 Å². The first-order valence-corrected chi connectivity index (χ1v) is 4.12. The van der Waals surface area contributed by atoms with Gasteiger partial charge >= 0.3 is 29.6 Å². The normalized spacial score (nSPS) is 2.80. The molecule has 0 saturated heterocycles. The maximum atomic E-state index is 2.25. The van der Waals surface area contributed by atoms with E-state index in [2.05, 4.69) is 10.5 Å². The predicted molar refractivity (Wildman–Crippen MR) is 16.7 cm³/mol. The fourth-order valence-electron chi connectivity index (χ4n) is 0. The van der Waals surface area contributed by atoms with Crippen LogP contribution in [-0.4, -0.2) is 0 Å². The van der Waals surface area contributed by atoms with Gasteiger partial charge in [0.25, 0.3) is 0 Å². The van der Waals surface area contributed by atoms with Gasteiger partial charge in [-0.05, 0) is 0 Å². The van der Waals surface area contributed by atoms with Crippen molar-refractivity contribution < 1.29 is 28.6 Å². The van der Waals surface area contributed by atoms with E-state index >= 15 is 0 Å². The Labute approximate surface area is 39.6 Å². The minimum absolute atomic E-state index is 0. The van der Waals surface area contributed by atoms with Gasteiger partial charge in [0.15, 0.2) is 0 Å². The summed E-state index contributed by atoms with van der Waals surface area (Å²) in [5.74, 6) is 0. The van der Waals surface area contributed by atoms with Gasteiger partial charge in [0.1, 0.15) is 0 Å². The van der Waals surface area contributed by atoms with Crippen LogP contribution in [0.15, 0.2) is 0 Å². The van der Waals surface area contributed by atoms with Crippen LogP contribution < -0.4 is 0 Å². The van der Waals surface area contributed by atoms with Gasteiger partial charge in [-0.15, -0.1) is 0 Å². The molecule has 0 aliphatic carbocycles. The molecule has 0 aromatic heterocycles. The van der Waals surface area contributed by atoms with E-state index in [1.165, 1.54) is 0 Å². The van der Waals surface area contributed by atoms with Gasteiger partial charge in [0.05, 0.1) is 0 Å². The molecule has 0 nitrogen and oxygen atoms in total. The molecule has 0 saturated carbocycles. The van der Waals surface area contributed by atoms with Crippen LogP contribution in [0, 0.1) is 0 Å². The molecule has 0 N–H and O–H groups in total. The molecule has 0 atom stereocenters. The summed E-state index contributed by atoms with van der Waals surface area (Å²) in [5, 5.41) is 4.50. The van der Waals surface area contributed by atoms with Crippen LogP contribution in [0.1, 0.15) is 0 Å². The average Bonchev–Trinajstić information content (AvgIpc) is 0.918. The second kappa shape index (κ2) is 23.6. The molecule has 0 radical (unpaired) electrons. The first-order valence-electron chi connectivity index (χ1n) is 1.00. The van der Waals surface area contributed by atoms with Crippen molar-refractivity contribution in [3.8, 4) is 0 Å². The summed E-state index contributed by atoms with van der Waals surface area (Å²) in [4.78, 5) is 0. The van der Waals surface area contributed by atoms with Crippen molar-refractivity contribution in [1.82, 2.24) is 0 Å². The fraction of sp³-hybridized carbons (Fsp3) is 1.00. The third-order valence-electron chi connectivity index (χ3n) is 0. The molecule has 0 rings (SSSR count). The van der Waals surface area contributed by atoms with Crippen molar-refractivity contribution in [2.75, 3.05) is 0 Å². The molecule has 3 heteroatoms. The van der Waals surface area contributed by atoms with E-state index < -0.39 is 0 Å². The molecular formula is C2H8F2Ti. The van der Waals surface area contributed by atoms with E-state index in [4.69, 9.17) is 0 Å². The number of rotatable bonds is 0.